The lowest BCUT2D eigenvalue weighted by Gasteiger charge is -2.15. The molecule has 0 aliphatic heterocycles. The van der Waals surface area contributed by atoms with Gasteiger partial charge >= 0.3 is 5.97 Å². The summed E-state index contributed by atoms with van der Waals surface area (Å²) in [5.41, 5.74) is 4.06. The fourth-order valence-corrected chi connectivity index (χ4v) is 2.90. The number of hydrogen-bond donors (Lipinski definition) is 2. The van der Waals surface area contributed by atoms with Crippen molar-refractivity contribution < 1.29 is 9.90 Å². The zero-order chi connectivity index (χ0) is 17.6. The van der Waals surface area contributed by atoms with Crippen LogP contribution in [0, 0.1) is 17.8 Å². The number of benzene rings is 2. The molecule has 1 aliphatic carbocycles. The van der Waals surface area contributed by atoms with Gasteiger partial charge in [0.2, 0.25) is 0 Å². The molecule has 3 nitrogen and oxygen atoms in total. The first-order chi connectivity index (χ1) is 12.2. The molecule has 3 rings (SSSR count). The summed E-state index contributed by atoms with van der Waals surface area (Å²) in [6, 6.07) is 16.4. The summed E-state index contributed by atoms with van der Waals surface area (Å²) in [6.07, 6.45) is 5.29. The largest absolute Gasteiger partial charge is 0.478 e. The minimum absolute atomic E-state index is 0.419. The molecule has 1 fully saturated rings. The maximum Gasteiger partial charge on any atom is 0.328 e. The van der Waals surface area contributed by atoms with Gasteiger partial charge in [-0.1, -0.05) is 36.1 Å². The second kappa shape index (κ2) is 7.83. The van der Waals surface area contributed by atoms with E-state index in [9.17, 15) is 4.79 Å². The lowest BCUT2D eigenvalue weighted by Crippen LogP contribution is -2.18. The van der Waals surface area contributed by atoms with E-state index in [0.717, 1.165) is 28.7 Å². The summed E-state index contributed by atoms with van der Waals surface area (Å²) in [7, 11) is 2.02. The van der Waals surface area contributed by atoms with E-state index in [1.165, 1.54) is 18.4 Å². The van der Waals surface area contributed by atoms with Gasteiger partial charge in [0.1, 0.15) is 0 Å². The smallest absolute Gasteiger partial charge is 0.328 e. The van der Waals surface area contributed by atoms with E-state index in [4.69, 9.17) is 5.11 Å². The SMILES string of the molecule is CN[C@@H](c1cccc(C#Cc2ccc(/C=C/C(=O)O)cc2)c1)C1CC1. The Hall–Kier alpha value is -2.83. The second-order valence-electron chi connectivity index (χ2n) is 6.27. The van der Waals surface area contributed by atoms with Crippen LogP contribution in [0.5, 0.6) is 0 Å². The number of rotatable bonds is 5. The van der Waals surface area contributed by atoms with Gasteiger partial charge in [0.15, 0.2) is 0 Å². The van der Waals surface area contributed by atoms with Crippen molar-refractivity contribution >= 4 is 12.0 Å². The van der Waals surface area contributed by atoms with Crippen LogP contribution >= 0.6 is 0 Å². The molecule has 0 heterocycles. The quantitative estimate of drug-likeness (QED) is 0.646. The average Bonchev–Trinajstić information content (AvgIpc) is 3.45. The molecule has 0 aromatic heterocycles. The normalized spacial score (nSPS) is 14.8. The Morgan fingerprint density at radius 1 is 1.16 bits per heavy atom. The molecular formula is C22H21NO2. The van der Waals surface area contributed by atoms with Crippen molar-refractivity contribution in [2.45, 2.75) is 18.9 Å². The Morgan fingerprint density at radius 3 is 2.52 bits per heavy atom. The van der Waals surface area contributed by atoms with E-state index in [0.29, 0.717) is 6.04 Å². The van der Waals surface area contributed by atoms with Crippen LogP contribution in [0.1, 0.15) is 41.1 Å². The summed E-state index contributed by atoms with van der Waals surface area (Å²) in [5, 5.41) is 12.1. The van der Waals surface area contributed by atoms with Gasteiger partial charge in [-0.05, 0) is 67.3 Å². The van der Waals surface area contributed by atoms with E-state index in [-0.39, 0.29) is 0 Å². The predicted octanol–water partition coefficient (Wildman–Crippen LogP) is 3.85. The highest BCUT2D eigenvalue weighted by Crippen LogP contribution is 2.40. The fourth-order valence-electron chi connectivity index (χ4n) is 2.90. The molecule has 3 heteroatoms. The first kappa shape index (κ1) is 17.0. The molecule has 0 saturated heterocycles. The van der Waals surface area contributed by atoms with Crippen LogP contribution in [0.15, 0.2) is 54.6 Å². The molecule has 0 amide bonds. The van der Waals surface area contributed by atoms with E-state index in [2.05, 4.69) is 35.4 Å². The summed E-state index contributed by atoms with van der Waals surface area (Å²) in [5.74, 6) is 6.19. The van der Waals surface area contributed by atoms with E-state index in [1.807, 2.05) is 37.4 Å². The summed E-state index contributed by atoms with van der Waals surface area (Å²) >= 11 is 0. The van der Waals surface area contributed by atoms with Crippen LogP contribution in [-0.4, -0.2) is 18.1 Å². The highest BCUT2D eigenvalue weighted by Gasteiger charge is 2.31. The van der Waals surface area contributed by atoms with Crippen molar-refractivity contribution in [3.05, 3.63) is 76.9 Å². The zero-order valence-electron chi connectivity index (χ0n) is 14.2. The molecule has 1 saturated carbocycles. The Morgan fingerprint density at radius 2 is 1.88 bits per heavy atom. The summed E-state index contributed by atoms with van der Waals surface area (Å²) < 4.78 is 0. The van der Waals surface area contributed by atoms with Crippen molar-refractivity contribution in [2.75, 3.05) is 7.05 Å². The summed E-state index contributed by atoms with van der Waals surface area (Å²) in [4.78, 5) is 10.5. The molecule has 0 radical (unpaired) electrons. The molecule has 0 spiro atoms. The number of carboxylic acid groups (broad SMARTS) is 1. The Bertz CT molecular complexity index is 836. The van der Waals surface area contributed by atoms with E-state index < -0.39 is 5.97 Å². The molecule has 0 unspecified atom stereocenters. The van der Waals surface area contributed by atoms with Gasteiger partial charge in [0.05, 0.1) is 0 Å². The highest BCUT2D eigenvalue weighted by atomic mass is 16.4. The maximum atomic E-state index is 10.5. The monoisotopic (exact) mass is 331 g/mol. The topological polar surface area (TPSA) is 49.3 Å². The van der Waals surface area contributed by atoms with Crippen LogP contribution in [0.3, 0.4) is 0 Å². The highest BCUT2D eigenvalue weighted by molar-refractivity contribution is 5.85. The third-order valence-corrected chi connectivity index (χ3v) is 4.33. The average molecular weight is 331 g/mol. The van der Waals surface area contributed by atoms with Crippen molar-refractivity contribution in [1.82, 2.24) is 5.32 Å². The van der Waals surface area contributed by atoms with Crippen molar-refractivity contribution in [1.29, 1.82) is 0 Å². The number of aliphatic carboxylic acids is 1. The third-order valence-electron chi connectivity index (χ3n) is 4.33. The first-order valence-corrected chi connectivity index (χ1v) is 8.46. The second-order valence-corrected chi connectivity index (χ2v) is 6.27. The molecule has 2 aromatic rings. The van der Waals surface area contributed by atoms with Gasteiger partial charge in [0.25, 0.3) is 0 Å². The lowest BCUT2D eigenvalue weighted by atomic mass is 10.0. The number of hydrogen-bond acceptors (Lipinski definition) is 2. The number of carbonyl (C=O) groups is 1. The Balaban J connectivity index is 1.73. The molecular weight excluding hydrogens is 310 g/mol. The minimum Gasteiger partial charge on any atom is -0.478 e. The minimum atomic E-state index is -0.949. The summed E-state index contributed by atoms with van der Waals surface area (Å²) in [6.45, 7) is 0. The Kier molecular flexibility index (Phi) is 5.33. The van der Waals surface area contributed by atoms with Crippen LogP contribution in [0.4, 0.5) is 0 Å². The first-order valence-electron chi connectivity index (χ1n) is 8.46. The molecule has 2 N–H and O–H groups in total. The lowest BCUT2D eigenvalue weighted by molar-refractivity contribution is -0.131. The van der Waals surface area contributed by atoms with Crippen LogP contribution in [0.2, 0.25) is 0 Å². The van der Waals surface area contributed by atoms with E-state index >= 15 is 0 Å². The third kappa shape index (κ3) is 4.82. The van der Waals surface area contributed by atoms with Gasteiger partial charge < -0.3 is 10.4 Å². The van der Waals surface area contributed by atoms with Gasteiger partial charge in [0, 0.05) is 23.2 Å². The molecule has 1 aliphatic rings. The van der Waals surface area contributed by atoms with Crippen molar-refractivity contribution in [3.63, 3.8) is 0 Å². The van der Waals surface area contributed by atoms with Crippen LogP contribution in [-0.2, 0) is 4.79 Å². The predicted molar refractivity (Wildman–Crippen MR) is 100 cm³/mol. The van der Waals surface area contributed by atoms with E-state index in [1.54, 1.807) is 6.08 Å². The van der Waals surface area contributed by atoms with Gasteiger partial charge in [-0.2, -0.15) is 0 Å². The van der Waals surface area contributed by atoms with Crippen molar-refractivity contribution in [3.8, 4) is 11.8 Å². The molecule has 1 atom stereocenters. The van der Waals surface area contributed by atoms with Crippen LogP contribution < -0.4 is 5.32 Å². The standard InChI is InChI=1S/C22H21NO2/c1-23-22(19-12-13-19)20-4-2-3-18(15-20)10-9-16-5-7-17(8-6-16)11-14-21(24)25/h2-8,11,14-15,19,22-23H,12-13H2,1H3,(H,24,25)/b14-11+/t22-/m1/s1. The zero-order valence-corrected chi connectivity index (χ0v) is 14.2. The molecule has 126 valence electrons. The van der Waals surface area contributed by atoms with Gasteiger partial charge in [-0.15, -0.1) is 0 Å². The van der Waals surface area contributed by atoms with Crippen molar-refractivity contribution in [2.24, 2.45) is 5.92 Å². The van der Waals surface area contributed by atoms with Crippen LogP contribution in [0.25, 0.3) is 6.08 Å². The molecule has 0 bridgehead atoms. The number of nitrogens with one attached hydrogen (secondary N) is 1. The maximum absolute atomic E-state index is 10.5. The molecule has 2 aromatic carbocycles. The van der Waals surface area contributed by atoms with Gasteiger partial charge in [-0.25, -0.2) is 4.79 Å². The molecule has 25 heavy (non-hydrogen) atoms. The fraction of sp³-hybridized carbons (Fsp3) is 0.227. The Labute approximate surface area is 148 Å². The number of carboxylic acids is 1. The van der Waals surface area contributed by atoms with Gasteiger partial charge in [-0.3, -0.25) is 0 Å².